The Morgan fingerprint density at radius 2 is 2.00 bits per heavy atom. The summed E-state index contributed by atoms with van der Waals surface area (Å²) in [6, 6.07) is 8.57. The van der Waals surface area contributed by atoms with E-state index in [-0.39, 0.29) is 4.91 Å². The summed E-state index contributed by atoms with van der Waals surface area (Å²) in [4.78, 5) is 39.3. The highest BCUT2D eigenvalue weighted by Crippen LogP contribution is 2.28. The molecule has 0 unspecified atom stereocenters. The number of hydrogen-bond donors (Lipinski definition) is 1. The molecule has 2 aromatic heterocycles. The van der Waals surface area contributed by atoms with Gasteiger partial charge in [-0.05, 0) is 30.0 Å². The number of nitrogens with zero attached hydrogens (tertiary/aromatic N) is 1. The molecule has 29 heavy (non-hydrogen) atoms. The quantitative estimate of drug-likeness (QED) is 0.397. The van der Waals surface area contributed by atoms with Gasteiger partial charge in [0.15, 0.2) is 5.58 Å². The molecule has 1 aliphatic heterocycles. The number of carbonyl (C=O) groups is 3. The van der Waals surface area contributed by atoms with E-state index in [9.17, 15) is 14.4 Å². The van der Waals surface area contributed by atoms with Gasteiger partial charge in [0.2, 0.25) is 0 Å². The van der Waals surface area contributed by atoms with Gasteiger partial charge >= 0.3 is 5.97 Å². The molecule has 0 spiro atoms. The zero-order chi connectivity index (χ0) is 20.4. The van der Waals surface area contributed by atoms with Gasteiger partial charge in [0.25, 0.3) is 11.1 Å². The third-order valence-corrected chi connectivity index (χ3v) is 4.83. The summed E-state index contributed by atoms with van der Waals surface area (Å²) >= 11 is 0.811. The van der Waals surface area contributed by atoms with E-state index in [0.29, 0.717) is 33.4 Å². The van der Waals surface area contributed by atoms with Gasteiger partial charge in [0.1, 0.15) is 5.76 Å². The van der Waals surface area contributed by atoms with Crippen molar-refractivity contribution < 1.29 is 23.5 Å². The first kappa shape index (κ1) is 18.5. The zero-order valence-electron chi connectivity index (χ0n) is 15.0. The fraction of sp³-hybridized carbons (Fsp3) is 0.0476. The van der Waals surface area contributed by atoms with Gasteiger partial charge in [0.05, 0.1) is 23.1 Å². The largest absolute Gasteiger partial charge is 0.465 e. The second kappa shape index (κ2) is 7.66. The van der Waals surface area contributed by atoms with Crippen LogP contribution in [-0.4, -0.2) is 29.2 Å². The first-order valence-electron chi connectivity index (χ1n) is 8.37. The fourth-order valence-corrected chi connectivity index (χ4v) is 3.37. The molecule has 1 aliphatic rings. The van der Waals surface area contributed by atoms with Crippen molar-refractivity contribution in [2.24, 2.45) is 0 Å². The van der Waals surface area contributed by atoms with Crippen LogP contribution in [-0.2, 0) is 9.53 Å². The van der Waals surface area contributed by atoms with Crippen LogP contribution in [0.4, 0.5) is 4.79 Å². The average Bonchev–Trinajstić information content (AvgIpc) is 3.28. The smallest absolute Gasteiger partial charge is 0.339 e. The van der Waals surface area contributed by atoms with Crippen LogP contribution in [0.5, 0.6) is 0 Å². The van der Waals surface area contributed by atoms with Crippen LogP contribution in [0, 0.1) is 11.8 Å². The van der Waals surface area contributed by atoms with E-state index >= 15 is 0 Å². The number of amides is 2. The Balaban J connectivity index is 1.73. The van der Waals surface area contributed by atoms with Gasteiger partial charge in [-0.15, -0.1) is 0 Å². The van der Waals surface area contributed by atoms with Crippen molar-refractivity contribution in [3.05, 3.63) is 70.1 Å². The lowest BCUT2D eigenvalue weighted by Gasteiger charge is -2.01. The second-order valence-corrected chi connectivity index (χ2v) is 6.91. The van der Waals surface area contributed by atoms with Crippen molar-refractivity contribution in [3.8, 4) is 11.8 Å². The summed E-state index contributed by atoms with van der Waals surface area (Å²) in [5.74, 6) is 5.39. The number of methoxy groups -OCH3 is 1. The van der Waals surface area contributed by atoms with Gasteiger partial charge in [0, 0.05) is 29.4 Å². The summed E-state index contributed by atoms with van der Waals surface area (Å²) in [6.45, 7) is 0. The van der Waals surface area contributed by atoms with E-state index in [0.717, 1.165) is 11.8 Å². The predicted molar refractivity (Wildman–Crippen MR) is 107 cm³/mol. The molecule has 0 saturated carbocycles. The number of imide groups is 1. The van der Waals surface area contributed by atoms with E-state index in [1.165, 1.54) is 13.2 Å². The van der Waals surface area contributed by atoms with Gasteiger partial charge < -0.3 is 9.15 Å². The van der Waals surface area contributed by atoms with Crippen molar-refractivity contribution >= 4 is 45.9 Å². The van der Waals surface area contributed by atoms with Gasteiger partial charge in [-0.2, -0.15) is 0 Å². The number of furan rings is 1. The molecule has 4 rings (SSSR count). The molecule has 0 bridgehead atoms. The molecule has 7 nitrogen and oxygen atoms in total. The van der Waals surface area contributed by atoms with Crippen molar-refractivity contribution in [3.63, 3.8) is 0 Å². The summed E-state index contributed by atoms with van der Waals surface area (Å²) < 4.78 is 10.6. The maximum atomic E-state index is 11.9. The molecule has 1 saturated heterocycles. The summed E-state index contributed by atoms with van der Waals surface area (Å²) in [5, 5.41) is 2.47. The number of carbonyl (C=O) groups excluding carboxylic acids is 3. The molecule has 1 N–H and O–H groups in total. The van der Waals surface area contributed by atoms with Crippen LogP contribution in [0.1, 0.15) is 27.2 Å². The Morgan fingerprint density at radius 3 is 2.76 bits per heavy atom. The molecule has 2 amide bonds. The molecule has 0 atom stereocenters. The van der Waals surface area contributed by atoms with Gasteiger partial charge in [-0.3, -0.25) is 19.9 Å². The van der Waals surface area contributed by atoms with Crippen molar-refractivity contribution in [1.82, 2.24) is 10.3 Å². The minimum absolute atomic E-state index is 0.252. The van der Waals surface area contributed by atoms with Crippen LogP contribution >= 0.6 is 11.8 Å². The van der Waals surface area contributed by atoms with Crippen molar-refractivity contribution in [1.29, 1.82) is 0 Å². The standard InChI is InChI=1S/C21H12N2O5S/c1-27-20(25)16-5-3-2-4-12(16)6-7-13-10-22-11-14-8-15(28-18(13)14)9-17-19(24)23-21(26)29-17/h2-5,8-11H,1H3,(H,23,24,26). The molecular formula is C21H12N2O5S. The number of benzene rings is 1. The first-order chi connectivity index (χ1) is 14.0. The lowest BCUT2D eigenvalue weighted by Crippen LogP contribution is -2.17. The third-order valence-electron chi connectivity index (χ3n) is 4.02. The number of pyridine rings is 1. The topological polar surface area (TPSA) is 98.5 Å². The number of rotatable bonds is 2. The van der Waals surface area contributed by atoms with E-state index in [1.807, 2.05) is 0 Å². The Kier molecular flexibility index (Phi) is 4.89. The summed E-state index contributed by atoms with van der Waals surface area (Å²) in [6.07, 6.45) is 4.66. The molecule has 1 fully saturated rings. The molecule has 3 aromatic rings. The van der Waals surface area contributed by atoms with E-state index in [1.54, 1.807) is 42.7 Å². The minimum Gasteiger partial charge on any atom is -0.465 e. The summed E-state index contributed by atoms with van der Waals surface area (Å²) in [5.41, 5.74) is 1.89. The number of hydrogen-bond acceptors (Lipinski definition) is 7. The van der Waals surface area contributed by atoms with Crippen LogP contribution in [0.2, 0.25) is 0 Å². The fourth-order valence-electron chi connectivity index (χ4n) is 2.71. The average molecular weight is 404 g/mol. The van der Waals surface area contributed by atoms with E-state index in [2.05, 4.69) is 22.1 Å². The van der Waals surface area contributed by atoms with Crippen LogP contribution < -0.4 is 5.32 Å². The van der Waals surface area contributed by atoms with Gasteiger partial charge in [-0.1, -0.05) is 24.0 Å². The Morgan fingerprint density at radius 1 is 1.21 bits per heavy atom. The minimum atomic E-state index is -0.472. The van der Waals surface area contributed by atoms with E-state index in [4.69, 9.17) is 9.15 Å². The number of aromatic nitrogens is 1. The molecule has 8 heteroatoms. The molecule has 3 heterocycles. The van der Waals surface area contributed by atoms with Crippen LogP contribution in [0.3, 0.4) is 0 Å². The summed E-state index contributed by atoms with van der Waals surface area (Å²) in [7, 11) is 1.31. The molecule has 0 aliphatic carbocycles. The van der Waals surface area contributed by atoms with Crippen LogP contribution in [0.15, 0.2) is 52.0 Å². The maximum absolute atomic E-state index is 11.9. The molecule has 142 valence electrons. The Bertz CT molecular complexity index is 1260. The Labute approximate surface area is 169 Å². The normalized spacial score (nSPS) is 14.6. The van der Waals surface area contributed by atoms with E-state index < -0.39 is 17.1 Å². The zero-order valence-corrected chi connectivity index (χ0v) is 15.8. The molecular weight excluding hydrogens is 392 g/mol. The predicted octanol–water partition coefficient (Wildman–Crippen LogP) is 3.34. The first-order valence-corrected chi connectivity index (χ1v) is 9.18. The number of thioether (sulfide) groups is 1. The van der Waals surface area contributed by atoms with Crippen molar-refractivity contribution in [2.75, 3.05) is 7.11 Å². The number of fused-ring (bicyclic) bond motifs is 1. The van der Waals surface area contributed by atoms with Crippen molar-refractivity contribution in [2.45, 2.75) is 0 Å². The molecule has 0 radical (unpaired) electrons. The molecule has 1 aromatic carbocycles. The number of esters is 1. The highest BCUT2D eigenvalue weighted by atomic mass is 32.2. The second-order valence-electron chi connectivity index (χ2n) is 5.89. The van der Waals surface area contributed by atoms with Gasteiger partial charge in [-0.25, -0.2) is 4.79 Å². The lowest BCUT2D eigenvalue weighted by molar-refractivity contribution is -0.115. The third kappa shape index (κ3) is 3.77. The van der Waals surface area contributed by atoms with Crippen LogP contribution in [0.25, 0.3) is 17.0 Å². The monoisotopic (exact) mass is 404 g/mol. The maximum Gasteiger partial charge on any atom is 0.339 e. The number of nitrogens with one attached hydrogen (secondary N) is 1. The SMILES string of the molecule is COC(=O)c1ccccc1C#Cc1cncc2cc(C=C3SC(=O)NC3=O)oc12. The lowest BCUT2D eigenvalue weighted by atomic mass is 10.1. The Hall–Kier alpha value is -3.83. The number of ether oxygens (including phenoxy) is 1. The highest BCUT2D eigenvalue weighted by molar-refractivity contribution is 8.18. The highest BCUT2D eigenvalue weighted by Gasteiger charge is 2.25.